The lowest BCUT2D eigenvalue weighted by Crippen LogP contribution is -2.68. The minimum Gasteiger partial charge on any atom is -0.508 e. The molecule has 4 saturated carbocycles. The molecule has 2 aromatic rings. The molecule has 5 fully saturated rings. The van der Waals surface area contributed by atoms with Crippen molar-refractivity contribution in [1.82, 2.24) is 26.6 Å². The molecule has 6 heterocycles. The molecular formula is C76H98N6O9. The van der Waals surface area contributed by atoms with Crippen LogP contribution in [0.5, 0.6) is 5.75 Å². The smallest absolute Gasteiger partial charge is 0.350 e. The maximum atomic E-state index is 16.9. The average Bonchev–Trinajstić information content (AvgIpc) is 1.50. The van der Waals surface area contributed by atoms with Gasteiger partial charge in [-0.1, -0.05) is 93.0 Å². The van der Waals surface area contributed by atoms with Gasteiger partial charge >= 0.3 is 5.97 Å². The zero-order valence-electron chi connectivity index (χ0n) is 54.0. The van der Waals surface area contributed by atoms with Gasteiger partial charge in [-0.2, -0.15) is 0 Å². The molecule has 2 aromatic carbocycles. The Kier molecular flexibility index (Phi) is 15.6. The lowest BCUT2D eigenvalue weighted by Gasteiger charge is -2.63. The number of carbonyl (C=O) groups is 3. The second-order valence-electron chi connectivity index (χ2n) is 31.2. The first kappa shape index (κ1) is 61.5. The third kappa shape index (κ3) is 9.98. The summed E-state index contributed by atoms with van der Waals surface area (Å²) in [6.07, 6.45) is 27.5. The lowest BCUT2D eigenvalue weighted by atomic mass is 9.45. The summed E-state index contributed by atoms with van der Waals surface area (Å²) in [7, 11) is 1.96. The molecule has 1 unspecified atom stereocenters. The lowest BCUT2D eigenvalue weighted by molar-refractivity contribution is -0.199. The first-order valence-electron chi connectivity index (χ1n) is 35.1. The van der Waals surface area contributed by atoms with E-state index in [1.54, 1.807) is 12.1 Å². The Labute approximate surface area is 537 Å². The van der Waals surface area contributed by atoms with Crippen LogP contribution in [0, 0.1) is 51.8 Å². The van der Waals surface area contributed by atoms with Crippen LogP contribution in [0.15, 0.2) is 124 Å². The maximum Gasteiger partial charge on any atom is 0.350 e. The molecule has 91 heavy (non-hydrogen) atoms. The number of aliphatic hydroxyl groups excluding tert-OH is 3. The van der Waals surface area contributed by atoms with Crippen molar-refractivity contribution in [3.05, 3.63) is 146 Å². The number of Topliss-reactive ketones (excluding diaryl/α,β-unsaturated/α-hetero) is 2. The van der Waals surface area contributed by atoms with Crippen LogP contribution in [0.3, 0.4) is 0 Å². The Balaban J connectivity index is 0.923. The number of epoxide rings is 1. The molecule has 15 nitrogen and oxygen atoms in total. The fourth-order valence-electron chi connectivity index (χ4n) is 21.9. The highest BCUT2D eigenvalue weighted by Gasteiger charge is 2.86. The number of nitrogens with one attached hydrogen (secondary N) is 5. The number of benzene rings is 2. The fraction of sp³-hybridized carbons (Fsp3) is 0.618. The molecule has 7 aliphatic carbocycles. The van der Waals surface area contributed by atoms with Crippen LogP contribution >= 0.6 is 0 Å². The number of aromatic hydroxyl groups is 1. The molecule has 1 saturated heterocycles. The van der Waals surface area contributed by atoms with Crippen LogP contribution in [-0.4, -0.2) is 112 Å². The second-order valence-corrected chi connectivity index (χ2v) is 31.2. The van der Waals surface area contributed by atoms with Gasteiger partial charge in [0.2, 0.25) is 5.78 Å². The minimum atomic E-state index is -2.35. The number of hydrogen-bond acceptors (Lipinski definition) is 15. The summed E-state index contributed by atoms with van der Waals surface area (Å²) >= 11 is 0. The first-order chi connectivity index (χ1) is 43.9. The molecule has 15 rings (SSSR count). The normalized spacial score (nSPS) is 41.4. The predicted molar refractivity (Wildman–Crippen MR) is 349 cm³/mol. The van der Waals surface area contributed by atoms with Gasteiger partial charge in [0.15, 0.2) is 11.4 Å². The number of dihydropyridines is 2. The number of carbonyl (C=O) groups excluding carboxylic acids is 3. The summed E-state index contributed by atoms with van der Waals surface area (Å²) in [5.74, 6) is -1.37. The molecule has 486 valence electrons. The Morgan fingerprint density at radius 1 is 0.934 bits per heavy atom. The van der Waals surface area contributed by atoms with E-state index in [2.05, 4.69) is 83.1 Å². The molecule has 6 aliphatic heterocycles. The third-order valence-electron chi connectivity index (χ3n) is 26.3. The van der Waals surface area contributed by atoms with Crippen molar-refractivity contribution in [3.8, 4) is 5.75 Å². The number of nitrogens with two attached hydrogens (primary N) is 1. The van der Waals surface area contributed by atoms with Crippen LogP contribution < -0.4 is 32.3 Å². The third-order valence-corrected chi connectivity index (χ3v) is 26.3. The van der Waals surface area contributed by atoms with E-state index in [9.17, 15) is 20.4 Å². The van der Waals surface area contributed by atoms with Crippen molar-refractivity contribution in [2.75, 3.05) is 26.7 Å². The van der Waals surface area contributed by atoms with E-state index in [-0.39, 0.29) is 70.4 Å². The molecular weight excluding hydrogens is 1140 g/mol. The molecule has 13 aliphatic rings. The van der Waals surface area contributed by atoms with E-state index in [0.717, 1.165) is 118 Å². The molecule has 15 heteroatoms. The topological polar surface area (TPSA) is 240 Å². The number of likely N-dealkylation sites (N-methyl/N-ethyl adjacent to an activating group) is 1. The number of aliphatic hydroxyl groups is 3. The summed E-state index contributed by atoms with van der Waals surface area (Å²) < 4.78 is 14.6. The van der Waals surface area contributed by atoms with Crippen LogP contribution in [-0.2, 0) is 20.7 Å². The monoisotopic (exact) mass is 1240 g/mol. The Hall–Kier alpha value is -5.65. The Bertz CT molecular complexity index is 3550. The first-order valence-corrected chi connectivity index (χ1v) is 35.1. The zero-order chi connectivity index (χ0) is 63.0. The Morgan fingerprint density at radius 2 is 1.79 bits per heavy atom. The van der Waals surface area contributed by atoms with Gasteiger partial charge in [0, 0.05) is 53.6 Å². The number of esters is 1. The summed E-state index contributed by atoms with van der Waals surface area (Å²) in [5, 5.41) is 66.5. The van der Waals surface area contributed by atoms with Gasteiger partial charge in [-0.15, -0.1) is 0 Å². The van der Waals surface area contributed by atoms with Gasteiger partial charge in [-0.3, -0.25) is 9.59 Å². The van der Waals surface area contributed by atoms with Crippen molar-refractivity contribution in [1.29, 1.82) is 0 Å². The number of rotatable bonds is 10. The number of ether oxygens (including phenoxy) is 2. The second kappa shape index (κ2) is 23.1. The predicted octanol–water partition coefficient (Wildman–Crippen LogP) is 9.94. The Morgan fingerprint density at radius 3 is 2.59 bits per heavy atom. The van der Waals surface area contributed by atoms with E-state index in [1.165, 1.54) is 16.7 Å². The number of ketones is 2. The molecule has 0 aromatic heterocycles. The van der Waals surface area contributed by atoms with Gasteiger partial charge in [0.1, 0.15) is 17.7 Å². The van der Waals surface area contributed by atoms with Crippen LogP contribution in [0.4, 0.5) is 0 Å². The molecule has 18 atom stereocenters. The van der Waals surface area contributed by atoms with Crippen LogP contribution in [0.25, 0.3) is 0 Å². The molecule has 0 radical (unpaired) electrons. The highest BCUT2D eigenvalue weighted by Crippen LogP contribution is 2.71. The number of fused-ring (bicyclic) bond motifs is 4. The molecule has 11 N–H and O–H groups in total. The average molecular weight is 1240 g/mol. The van der Waals surface area contributed by atoms with Crippen molar-refractivity contribution in [3.63, 3.8) is 0 Å². The van der Waals surface area contributed by atoms with E-state index in [0.29, 0.717) is 75.1 Å². The highest BCUT2D eigenvalue weighted by atomic mass is 16.7. The van der Waals surface area contributed by atoms with Crippen LogP contribution in [0.1, 0.15) is 193 Å². The number of phenolic OH excluding ortho intramolecular Hbond substituents is 1. The summed E-state index contributed by atoms with van der Waals surface area (Å²) in [5.41, 5.74) is 10.6. The molecule has 0 amide bonds. The SMILES string of the molecule is CCN[C@@]12C=C3C=CC[C@@H]4CCCC[C@@]5(C)CC6=CNC(N)C(=C6)[C@H](c6cccc(O)c6)C[C@H]6[C@H](C1)[C@@H](C[C@@H](O)[C@@]61CC[C@]6(CC[C@@H](O)C6)C1)[C@H](OC(=O)[C@]16O[C@@]1(C/C(CO)=C(\C)CCC1=CCNC7=C1CC[C@H](NC)N7)C(=O)c1cccc(c1C6=O)C5)[C@@H]2C[C@@H]34. The largest absolute Gasteiger partial charge is 0.508 e. The zero-order valence-corrected chi connectivity index (χ0v) is 54.0. The highest BCUT2D eigenvalue weighted by molar-refractivity contribution is 6.33. The summed E-state index contributed by atoms with van der Waals surface area (Å²) in [6.45, 7) is 7.40. The van der Waals surface area contributed by atoms with Gasteiger partial charge in [0.25, 0.3) is 5.60 Å². The van der Waals surface area contributed by atoms with E-state index in [1.807, 2.05) is 38.2 Å². The maximum absolute atomic E-state index is 16.9. The number of allylic oxidation sites excluding steroid dienone is 8. The molecule has 11 bridgehead atoms. The van der Waals surface area contributed by atoms with Crippen molar-refractivity contribution < 1.29 is 44.3 Å². The van der Waals surface area contributed by atoms with Gasteiger partial charge in [0.05, 0.1) is 31.1 Å². The number of hydrogen-bond donors (Lipinski definition) is 10. The van der Waals surface area contributed by atoms with Crippen LogP contribution in [0.2, 0.25) is 0 Å². The fourth-order valence-corrected chi connectivity index (χ4v) is 21.9. The van der Waals surface area contributed by atoms with Crippen molar-refractivity contribution in [2.45, 2.75) is 215 Å². The van der Waals surface area contributed by atoms with Crippen molar-refractivity contribution in [2.24, 2.45) is 57.5 Å². The van der Waals surface area contributed by atoms with Gasteiger partial charge < -0.3 is 62.2 Å². The molecule has 3 spiro atoms. The minimum absolute atomic E-state index is 0.136. The summed E-state index contributed by atoms with van der Waals surface area (Å²) in [6, 6.07) is 13.2. The quantitative estimate of drug-likeness (QED) is 0.0461. The van der Waals surface area contributed by atoms with E-state index < -0.39 is 76.2 Å². The number of phenols is 1. The summed E-state index contributed by atoms with van der Waals surface area (Å²) in [4.78, 5) is 49.8. The van der Waals surface area contributed by atoms with E-state index >= 15 is 14.4 Å². The van der Waals surface area contributed by atoms with Gasteiger partial charge in [-0.05, 0) is 239 Å². The van der Waals surface area contributed by atoms with E-state index in [4.69, 9.17) is 15.2 Å². The standard InChI is InChI=1S/C76H98N6O9/c1-5-81-74-36-48-14-8-12-45-11-6-7-24-71(3)34-44-29-58(68(77)80-40-44)56(47-13-9-16-51(84)30-47)32-60-59(39-74)57(33-62(86)73(60)27-26-72(42-73)25-22-52(85)38-72)65(61(74)31-55(45)48)90-70(89)76-67(88)64-49(35-71)15-10-17-54(64)66(87)75(76,91-76)37-50(41-83)43(2)18-19-46-23-28-79-69-53(46)20-21-63(78-4)82-69/h8-10,13-17,23,29-30,36,40,45,52,55-57,59-63,65,68,78-86H,5-7,11-12,18-22,24-28,31-35,37-39,41-42,77H2,1-4H3/b50-43-/t45-,52+,55+,56-,57+,59+,60-,61-,62+,63+,65-,68?,71-,72-,73+,74-,75-,76-/m0/s1. The van der Waals surface area contributed by atoms with Crippen molar-refractivity contribution >= 4 is 17.5 Å². The van der Waals surface area contributed by atoms with Gasteiger partial charge in [-0.25, -0.2) is 4.79 Å².